The Kier molecular flexibility index (Phi) is 6.98. The lowest BCUT2D eigenvalue weighted by molar-refractivity contribution is -0.119. The Morgan fingerprint density at radius 3 is 2.73 bits per heavy atom. The van der Waals surface area contributed by atoms with Crippen molar-refractivity contribution in [1.82, 2.24) is 24.8 Å². The summed E-state index contributed by atoms with van der Waals surface area (Å²) in [6, 6.07) is 9.34. The minimum Gasteiger partial charge on any atom is -0.352 e. The summed E-state index contributed by atoms with van der Waals surface area (Å²) in [4.78, 5) is 34.6. The molecule has 1 aliphatic heterocycles. The van der Waals surface area contributed by atoms with Crippen LogP contribution in [0.3, 0.4) is 0 Å². The van der Waals surface area contributed by atoms with Gasteiger partial charge in [0.1, 0.15) is 0 Å². The monoisotopic (exact) mass is 538 g/mol. The van der Waals surface area contributed by atoms with Crippen molar-refractivity contribution in [3.05, 3.63) is 68.1 Å². The number of benzene rings is 2. The molecule has 0 aliphatic carbocycles. The number of rotatable bonds is 6. The van der Waals surface area contributed by atoms with Gasteiger partial charge in [-0.2, -0.15) is 0 Å². The third-order valence-electron chi connectivity index (χ3n) is 6.85. The third-order valence-corrected chi connectivity index (χ3v) is 7.48. The zero-order chi connectivity index (χ0) is 26.3. The lowest BCUT2D eigenvalue weighted by Gasteiger charge is -2.14. The molecule has 1 atom stereocenters. The molecule has 1 saturated heterocycles. The van der Waals surface area contributed by atoms with Crippen LogP contribution in [0.15, 0.2) is 41.2 Å². The van der Waals surface area contributed by atoms with Gasteiger partial charge in [0.05, 0.1) is 32.2 Å². The molecule has 3 N–H and O–H groups in total. The second-order valence-electron chi connectivity index (χ2n) is 9.41. The fraction of sp³-hybridized carbons (Fsp3) is 0.296. The maximum absolute atomic E-state index is 13.3. The second kappa shape index (κ2) is 10.2. The third kappa shape index (κ3) is 4.97. The summed E-state index contributed by atoms with van der Waals surface area (Å²) in [6.07, 6.45) is 4.96. The molecule has 0 radical (unpaired) electrons. The molecule has 1 unspecified atom stereocenters. The van der Waals surface area contributed by atoms with Crippen LogP contribution < -0.4 is 16.2 Å². The van der Waals surface area contributed by atoms with Gasteiger partial charge in [-0.3, -0.25) is 14.5 Å². The fourth-order valence-electron chi connectivity index (χ4n) is 5.00. The number of pyridine rings is 1. The van der Waals surface area contributed by atoms with Crippen molar-refractivity contribution >= 4 is 68.6 Å². The minimum absolute atomic E-state index is 0.00449. The number of aryl methyl sites for hydroxylation is 2. The SMILES string of the molecule is CC(=O)NC1CCN(CC=Cc2[nH]c(=O)c3c(ccc4nc(Nc5c(Cl)cccc5Cl)n(C)c43)c2C)C1. The zero-order valence-corrected chi connectivity index (χ0v) is 22.4. The number of likely N-dealkylation sites (tertiary alicyclic amines) is 1. The first-order chi connectivity index (χ1) is 17.7. The summed E-state index contributed by atoms with van der Waals surface area (Å²) in [5.41, 5.74) is 3.56. The highest BCUT2D eigenvalue weighted by molar-refractivity contribution is 6.39. The number of anilines is 2. The number of imidazole rings is 1. The molecule has 8 nitrogen and oxygen atoms in total. The van der Waals surface area contributed by atoms with E-state index in [2.05, 4.69) is 31.6 Å². The van der Waals surface area contributed by atoms with Crippen LogP contribution in [0.2, 0.25) is 10.0 Å². The van der Waals surface area contributed by atoms with Crippen LogP contribution in [0.4, 0.5) is 11.6 Å². The summed E-state index contributed by atoms with van der Waals surface area (Å²) in [5.74, 6) is 0.534. The molecule has 0 spiro atoms. The normalized spacial score (nSPS) is 16.3. The average molecular weight is 539 g/mol. The molecule has 37 heavy (non-hydrogen) atoms. The number of halogens is 2. The number of nitrogens with zero attached hydrogens (tertiary/aromatic N) is 3. The highest BCUT2D eigenvalue weighted by Crippen LogP contribution is 2.34. The topological polar surface area (TPSA) is 95.1 Å². The van der Waals surface area contributed by atoms with Gasteiger partial charge in [-0.05, 0) is 48.6 Å². The number of nitrogens with one attached hydrogen (secondary N) is 3. The number of para-hydroxylation sites is 1. The Labute approximate surface area is 224 Å². The Morgan fingerprint density at radius 1 is 1.24 bits per heavy atom. The molecular formula is C27H28Cl2N6O2. The number of aromatic nitrogens is 3. The first kappa shape index (κ1) is 25.3. The molecule has 1 amide bonds. The van der Waals surface area contributed by atoms with E-state index in [1.165, 1.54) is 0 Å². The van der Waals surface area contributed by atoms with Crippen LogP contribution >= 0.6 is 23.2 Å². The average Bonchev–Trinajstić information content (AvgIpc) is 3.42. The second-order valence-corrected chi connectivity index (χ2v) is 10.2. The predicted octanol–water partition coefficient (Wildman–Crippen LogP) is 5.00. The van der Waals surface area contributed by atoms with Crippen molar-refractivity contribution in [2.24, 2.45) is 7.05 Å². The molecular weight excluding hydrogens is 511 g/mol. The Hall–Kier alpha value is -3.33. The number of H-pyrrole nitrogens is 1. The van der Waals surface area contributed by atoms with Crippen LogP contribution in [0.25, 0.3) is 27.9 Å². The number of hydrogen-bond donors (Lipinski definition) is 3. The van der Waals surface area contributed by atoms with Gasteiger partial charge in [0.2, 0.25) is 11.9 Å². The fourth-order valence-corrected chi connectivity index (χ4v) is 5.49. The summed E-state index contributed by atoms with van der Waals surface area (Å²) < 4.78 is 1.85. The van der Waals surface area contributed by atoms with E-state index >= 15 is 0 Å². The van der Waals surface area contributed by atoms with Crippen LogP contribution in [-0.2, 0) is 11.8 Å². The van der Waals surface area contributed by atoms with Crippen LogP contribution in [-0.4, -0.2) is 51.0 Å². The van der Waals surface area contributed by atoms with Crippen molar-refractivity contribution in [2.75, 3.05) is 25.0 Å². The molecule has 0 saturated carbocycles. The van der Waals surface area contributed by atoms with Crippen molar-refractivity contribution in [3.63, 3.8) is 0 Å². The smallest absolute Gasteiger partial charge is 0.258 e. The van der Waals surface area contributed by atoms with Crippen molar-refractivity contribution in [3.8, 4) is 0 Å². The maximum atomic E-state index is 13.3. The van der Waals surface area contributed by atoms with Gasteiger partial charge in [-0.1, -0.05) is 41.4 Å². The van der Waals surface area contributed by atoms with Gasteiger partial charge in [-0.15, -0.1) is 0 Å². The molecule has 2 aromatic carbocycles. The standard InChI is InChI=1S/C27H28Cl2N6O2/c1-15-18-9-10-22-25(34(3)27(32-22)33-24-19(28)6-4-7-20(24)29)23(18)26(37)31-21(15)8-5-12-35-13-11-17(14-35)30-16(2)36/h4-10,17H,11-14H2,1-3H3,(H,30,36)(H,31,37)(H,32,33). The molecule has 1 fully saturated rings. The van der Waals surface area contributed by atoms with Crippen molar-refractivity contribution < 1.29 is 4.79 Å². The van der Waals surface area contributed by atoms with Gasteiger partial charge in [0, 0.05) is 45.3 Å². The van der Waals surface area contributed by atoms with E-state index in [0.717, 1.165) is 48.2 Å². The number of carbonyl (C=O) groups is 1. The van der Waals surface area contributed by atoms with Gasteiger partial charge in [0.15, 0.2) is 0 Å². The number of aromatic amines is 1. The highest BCUT2D eigenvalue weighted by atomic mass is 35.5. The number of amides is 1. The summed E-state index contributed by atoms with van der Waals surface area (Å²) >= 11 is 12.7. The van der Waals surface area contributed by atoms with E-state index in [9.17, 15) is 9.59 Å². The predicted molar refractivity (Wildman–Crippen MR) is 151 cm³/mol. The molecule has 3 heterocycles. The molecule has 10 heteroatoms. The van der Waals surface area contributed by atoms with Crippen molar-refractivity contribution in [1.29, 1.82) is 0 Å². The van der Waals surface area contributed by atoms with E-state index in [1.54, 1.807) is 25.1 Å². The summed E-state index contributed by atoms with van der Waals surface area (Å²) in [6.45, 7) is 6.05. The first-order valence-corrected chi connectivity index (χ1v) is 12.9. The first-order valence-electron chi connectivity index (χ1n) is 12.1. The van der Waals surface area contributed by atoms with Gasteiger partial charge in [-0.25, -0.2) is 4.98 Å². The van der Waals surface area contributed by atoms with Crippen LogP contribution in [0, 0.1) is 6.92 Å². The van der Waals surface area contributed by atoms with Gasteiger partial charge >= 0.3 is 0 Å². The molecule has 2 aromatic heterocycles. The number of hydrogen-bond acceptors (Lipinski definition) is 5. The quantitative estimate of drug-likeness (QED) is 0.321. The number of carbonyl (C=O) groups excluding carboxylic acids is 1. The lowest BCUT2D eigenvalue weighted by atomic mass is 10.0. The van der Waals surface area contributed by atoms with E-state index in [1.807, 2.05) is 36.7 Å². The van der Waals surface area contributed by atoms with Crippen LogP contribution in [0.1, 0.15) is 24.6 Å². The molecule has 0 bridgehead atoms. The van der Waals surface area contributed by atoms with E-state index < -0.39 is 0 Å². The molecule has 4 aromatic rings. The van der Waals surface area contributed by atoms with E-state index in [0.29, 0.717) is 32.6 Å². The molecule has 5 rings (SSSR count). The molecule has 192 valence electrons. The van der Waals surface area contributed by atoms with E-state index in [-0.39, 0.29) is 17.5 Å². The highest BCUT2D eigenvalue weighted by Gasteiger charge is 2.22. The van der Waals surface area contributed by atoms with Crippen molar-refractivity contribution in [2.45, 2.75) is 26.3 Å². The molecule has 1 aliphatic rings. The van der Waals surface area contributed by atoms with Crippen LogP contribution in [0.5, 0.6) is 0 Å². The Morgan fingerprint density at radius 2 is 2.00 bits per heavy atom. The Balaban J connectivity index is 1.45. The summed E-state index contributed by atoms with van der Waals surface area (Å²) in [5, 5.41) is 8.60. The number of fused-ring (bicyclic) bond motifs is 3. The maximum Gasteiger partial charge on any atom is 0.258 e. The van der Waals surface area contributed by atoms with E-state index in [4.69, 9.17) is 23.2 Å². The lowest BCUT2D eigenvalue weighted by Crippen LogP contribution is -2.35. The van der Waals surface area contributed by atoms with Gasteiger partial charge in [0.25, 0.3) is 5.56 Å². The largest absolute Gasteiger partial charge is 0.352 e. The zero-order valence-electron chi connectivity index (χ0n) is 20.9. The summed E-state index contributed by atoms with van der Waals surface area (Å²) in [7, 11) is 1.86. The Bertz CT molecular complexity index is 1590. The minimum atomic E-state index is -0.178. The van der Waals surface area contributed by atoms with Gasteiger partial charge < -0.3 is 20.2 Å².